The van der Waals surface area contributed by atoms with Crippen LogP contribution in [0, 0.1) is 0 Å². The van der Waals surface area contributed by atoms with Crippen LogP contribution in [0.15, 0.2) is 24.3 Å². The van der Waals surface area contributed by atoms with E-state index in [1.165, 1.54) is 11.1 Å². The fourth-order valence-electron chi connectivity index (χ4n) is 2.33. The Labute approximate surface area is 112 Å². The lowest BCUT2D eigenvalue weighted by molar-refractivity contribution is -0.139. The number of carbonyl (C=O) groups excluding carboxylic acids is 1. The maximum atomic E-state index is 11.4. The lowest BCUT2D eigenvalue weighted by atomic mass is 9.88. The van der Waals surface area contributed by atoms with Crippen LogP contribution in [0.5, 0.6) is 0 Å². The molecule has 4 heteroatoms. The van der Waals surface area contributed by atoms with E-state index in [4.69, 9.17) is 10.5 Å². The van der Waals surface area contributed by atoms with Crippen molar-refractivity contribution in [1.82, 2.24) is 0 Å². The standard InChI is InChI=1S/C14H19NO2S/c1-2-17-13(16)9-18-12-8-7-10-5-3-4-6-11(10)14(12)15/h3-6,12,14H,2,7-9,15H2,1H3. The second-order valence-electron chi connectivity index (χ2n) is 4.42. The van der Waals surface area contributed by atoms with E-state index < -0.39 is 0 Å². The van der Waals surface area contributed by atoms with Gasteiger partial charge >= 0.3 is 5.97 Å². The number of fused-ring (bicyclic) bond motifs is 1. The van der Waals surface area contributed by atoms with Gasteiger partial charge in [-0.3, -0.25) is 4.79 Å². The summed E-state index contributed by atoms with van der Waals surface area (Å²) in [6, 6.07) is 8.34. The first-order chi connectivity index (χ1) is 8.72. The van der Waals surface area contributed by atoms with Crippen LogP contribution in [0.4, 0.5) is 0 Å². The maximum Gasteiger partial charge on any atom is 0.315 e. The summed E-state index contributed by atoms with van der Waals surface area (Å²) in [5.41, 5.74) is 8.85. The van der Waals surface area contributed by atoms with Crippen LogP contribution in [-0.2, 0) is 16.0 Å². The topological polar surface area (TPSA) is 52.3 Å². The SMILES string of the molecule is CCOC(=O)CSC1CCc2ccccc2C1N. The van der Waals surface area contributed by atoms with Gasteiger partial charge in [0.2, 0.25) is 0 Å². The fourth-order valence-corrected chi connectivity index (χ4v) is 3.40. The molecule has 2 unspecified atom stereocenters. The third kappa shape index (κ3) is 3.06. The van der Waals surface area contributed by atoms with Gasteiger partial charge in [-0.2, -0.15) is 0 Å². The Balaban J connectivity index is 1.95. The maximum absolute atomic E-state index is 11.4. The summed E-state index contributed by atoms with van der Waals surface area (Å²) in [5, 5.41) is 0.310. The highest BCUT2D eigenvalue weighted by Gasteiger charge is 2.27. The number of hydrogen-bond acceptors (Lipinski definition) is 4. The molecule has 1 aromatic carbocycles. The van der Waals surface area contributed by atoms with Crippen molar-refractivity contribution in [2.45, 2.75) is 31.1 Å². The average molecular weight is 265 g/mol. The van der Waals surface area contributed by atoms with Crippen LogP contribution in [0.1, 0.15) is 30.5 Å². The van der Waals surface area contributed by atoms with Gasteiger partial charge in [0.1, 0.15) is 0 Å². The molecule has 2 rings (SSSR count). The Morgan fingerprint density at radius 2 is 2.28 bits per heavy atom. The molecule has 98 valence electrons. The molecule has 0 heterocycles. The number of ether oxygens (including phenoxy) is 1. The lowest BCUT2D eigenvalue weighted by Gasteiger charge is -2.30. The molecule has 18 heavy (non-hydrogen) atoms. The van der Waals surface area contributed by atoms with E-state index in [9.17, 15) is 4.79 Å². The Hall–Kier alpha value is -1.00. The molecule has 0 radical (unpaired) electrons. The minimum Gasteiger partial charge on any atom is -0.465 e. The molecule has 1 aromatic rings. The quantitative estimate of drug-likeness (QED) is 0.849. The smallest absolute Gasteiger partial charge is 0.315 e. The fraction of sp³-hybridized carbons (Fsp3) is 0.500. The minimum atomic E-state index is -0.145. The third-order valence-electron chi connectivity index (χ3n) is 3.23. The Bertz CT molecular complexity index is 422. The van der Waals surface area contributed by atoms with Crippen molar-refractivity contribution in [3.8, 4) is 0 Å². The van der Waals surface area contributed by atoms with Gasteiger partial charge in [0.25, 0.3) is 0 Å². The largest absolute Gasteiger partial charge is 0.465 e. The van der Waals surface area contributed by atoms with Gasteiger partial charge in [-0.25, -0.2) is 0 Å². The molecule has 3 nitrogen and oxygen atoms in total. The molecule has 0 saturated heterocycles. The number of benzene rings is 1. The Kier molecular flexibility index (Phi) is 4.66. The van der Waals surface area contributed by atoms with E-state index in [-0.39, 0.29) is 12.0 Å². The van der Waals surface area contributed by atoms with Crippen molar-refractivity contribution in [3.05, 3.63) is 35.4 Å². The van der Waals surface area contributed by atoms with Crippen LogP contribution < -0.4 is 5.73 Å². The Morgan fingerprint density at radius 3 is 3.06 bits per heavy atom. The molecule has 0 bridgehead atoms. The molecule has 2 atom stereocenters. The highest BCUT2D eigenvalue weighted by Crippen LogP contribution is 2.35. The van der Waals surface area contributed by atoms with Gasteiger partial charge in [-0.1, -0.05) is 24.3 Å². The van der Waals surface area contributed by atoms with Gasteiger partial charge in [0.15, 0.2) is 0 Å². The third-order valence-corrected chi connectivity index (χ3v) is 4.59. The normalized spacial score (nSPS) is 22.3. The van der Waals surface area contributed by atoms with E-state index in [2.05, 4.69) is 18.2 Å². The summed E-state index contributed by atoms with van der Waals surface area (Å²) >= 11 is 1.62. The van der Waals surface area contributed by atoms with Gasteiger partial charge < -0.3 is 10.5 Å². The zero-order valence-electron chi connectivity index (χ0n) is 10.6. The predicted molar refractivity (Wildman–Crippen MR) is 74.6 cm³/mol. The minimum absolute atomic E-state index is 0.0226. The molecule has 1 aliphatic rings. The second-order valence-corrected chi connectivity index (χ2v) is 5.65. The van der Waals surface area contributed by atoms with Crippen molar-refractivity contribution >= 4 is 17.7 Å². The van der Waals surface area contributed by atoms with Gasteiger partial charge in [0.05, 0.1) is 12.4 Å². The number of rotatable bonds is 4. The molecule has 0 saturated carbocycles. The van der Waals surface area contributed by atoms with Gasteiger partial charge in [-0.15, -0.1) is 11.8 Å². The monoisotopic (exact) mass is 265 g/mol. The van der Waals surface area contributed by atoms with Crippen LogP contribution >= 0.6 is 11.8 Å². The molecule has 0 fully saturated rings. The molecule has 0 spiro atoms. The van der Waals surface area contributed by atoms with Crippen molar-refractivity contribution in [2.75, 3.05) is 12.4 Å². The molecule has 0 aliphatic heterocycles. The lowest BCUT2D eigenvalue weighted by Crippen LogP contribution is -2.30. The summed E-state index contributed by atoms with van der Waals surface area (Å²) in [6.07, 6.45) is 2.08. The molecule has 1 aliphatic carbocycles. The first kappa shape index (κ1) is 13.4. The molecular formula is C14H19NO2S. The van der Waals surface area contributed by atoms with Crippen LogP contribution in [0.3, 0.4) is 0 Å². The number of hydrogen-bond donors (Lipinski definition) is 1. The predicted octanol–water partition coefficient (Wildman–Crippen LogP) is 2.30. The summed E-state index contributed by atoms with van der Waals surface area (Å²) < 4.78 is 4.94. The number of thioether (sulfide) groups is 1. The van der Waals surface area contributed by atoms with E-state index in [0.29, 0.717) is 17.6 Å². The summed E-state index contributed by atoms with van der Waals surface area (Å²) in [6.45, 7) is 2.27. The van der Waals surface area contributed by atoms with E-state index in [1.807, 2.05) is 13.0 Å². The second kappa shape index (κ2) is 6.25. The van der Waals surface area contributed by atoms with Gasteiger partial charge in [0, 0.05) is 11.3 Å². The highest BCUT2D eigenvalue weighted by atomic mass is 32.2. The summed E-state index contributed by atoms with van der Waals surface area (Å²) in [4.78, 5) is 11.4. The molecule has 2 N–H and O–H groups in total. The molecule has 0 aromatic heterocycles. The van der Waals surface area contributed by atoms with Crippen molar-refractivity contribution in [3.63, 3.8) is 0 Å². The van der Waals surface area contributed by atoms with E-state index in [0.717, 1.165) is 12.8 Å². The van der Waals surface area contributed by atoms with Crippen molar-refractivity contribution < 1.29 is 9.53 Å². The van der Waals surface area contributed by atoms with E-state index in [1.54, 1.807) is 11.8 Å². The average Bonchev–Trinajstić information content (AvgIpc) is 2.39. The number of aryl methyl sites for hydroxylation is 1. The zero-order chi connectivity index (χ0) is 13.0. The summed E-state index contributed by atoms with van der Waals surface area (Å²) in [5.74, 6) is 0.252. The van der Waals surface area contributed by atoms with E-state index >= 15 is 0 Å². The number of nitrogens with two attached hydrogens (primary N) is 1. The van der Waals surface area contributed by atoms with Crippen molar-refractivity contribution in [1.29, 1.82) is 0 Å². The first-order valence-corrected chi connectivity index (χ1v) is 7.38. The zero-order valence-corrected chi connectivity index (χ0v) is 11.4. The van der Waals surface area contributed by atoms with Crippen molar-refractivity contribution in [2.24, 2.45) is 5.73 Å². The summed E-state index contributed by atoms with van der Waals surface area (Å²) in [7, 11) is 0. The molecule has 0 amide bonds. The van der Waals surface area contributed by atoms with Crippen LogP contribution in [0.25, 0.3) is 0 Å². The highest BCUT2D eigenvalue weighted by molar-refractivity contribution is 8.00. The molecular weight excluding hydrogens is 246 g/mol. The van der Waals surface area contributed by atoms with Gasteiger partial charge in [-0.05, 0) is 30.9 Å². The number of carbonyl (C=O) groups is 1. The first-order valence-electron chi connectivity index (χ1n) is 6.33. The van der Waals surface area contributed by atoms with Crippen LogP contribution in [-0.4, -0.2) is 23.6 Å². The number of esters is 1. The van der Waals surface area contributed by atoms with Crippen LogP contribution in [0.2, 0.25) is 0 Å². The Morgan fingerprint density at radius 1 is 1.50 bits per heavy atom.